The van der Waals surface area contributed by atoms with E-state index >= 15 is 0 Å². The van der Waals surface area contributed by atoms with Crippen LogP contribution in [-0.4, -0.2) is 17.2 Å². The summed E-state index contributed by atoms with van der Waals surface area (Å²) in [5, 5.41) is 9.26. The Bertz CT molecular complexity index is 549. The first kappa shape index (κ1) is 13.1. The first-order chi connectivity index (χ1) is 9.16. The number of benzene rings is 2. The lowest BCUT2D eigenvalue weighted by Gasteiger charge is -2.16. The number of hydrogen-bond acceptors (Lipinski definition) is 2. The van der Waals surface area contributed by atoms with Crippen molar-refractivity contribution in [3.63, 3.8) is 0 Å². The van der Waals surface area contributed by atoms with Gasteiger partial charge in [0.25, 0.3) is 0 Å². The van der Waals surface area contributed by atoms with Crippen LogP contribution in [0.3, 0.4) is 0 Å². The van der Waals surface area contributed by atoms with Gasteiger partial charge in [0.2, 0.25) is 0 Å². The molecule has 98 valence electrons. The quantitative estimate of drug-likeness (QED) is 0.894. The highest BCUT2D eigenvalue weighted by Gasteiger charge is 2.20. The maximum Gasteiger partial charge on any atom is 0.345 e. The Kier molecular flexibility index (Phi) is 4.18. The molecular formula is C16H16O3. The standard InChI is InChI=1S/C16H16O3/c1-12-7-5-6-8-13(12)11-15(16(17)18)19-14-9-3-2-4-10-14/h2-10,15H,11H2,1H3,(H,17,18)/t15-/m1/s1. The zero-order valence-corrected chi connectivity index (χ0v) is 10.7. The molecule has 0 fully saturated rings. The van der Waals surface area contributed by atoms with E-state index in [1.807, 2.05) is 49.4 Å². The van der Waals surface area contributed by atoms with E-state index < -0.39 is 12.1 Å². The van der Waals surface area contributed by atoms with Crippen LogP contribution < -0.4 is 4.74 Å². The summed E-state index contributed by atoms with van der Waals surface area (Å²) >= 11 is 0. The van der Waals surface area contributed by atoms with Gasteiger partial charge in [-0.25, -0.2) is 4.79 Å². The summed E-state index contributed by atoms with van der Waals surface area (Å²) in [7, 11) is 0. The molecule has 0 radical (unpaired) electrons. The Balaban J connectivity index is 2.13. The molecule has 0 saturated heterocycles. The predicted octanol–water partition coefficient (Wildman–Crippen LogP) is 3.07. The van der Waals surface area contributed by atoms with E-state index in [4.69, 9.17) is 4.74 Å². The van der Waals surface area contributed by atoms with E-state index in [0.717, 1.165) is 11.1 Å². The van der Waals surface area contributed by atoms with Gasteiger partial charge in [0.1, 0.15) is 5.75 Å². The second-order valence-corrected chi connectivity index (χ2v) is 4.39. The van der Waals surface area contributed by atoms with E-state index in [0.29, 0.717) is 12.2 Å². The fourth-order valence-corrected chi connectivity index (χ4v) is 1.88. The van der Waals surface area contributed by atoms with Crippen LogP contribution in [0.2, 0.25) is 0 Å². The van der Waals surface area contributed by atoms with Gasteiger partial charge >= 0.3 is 5.97 Å². The second kappa shape index (κ2) is 6.05. The lowest BCUT2D eigenvalue weighted by Crippen LogP contribution is -2.29. The Morgan fingerprint density at radius 2 is 1.74 bits per heavy atom. The molecule has 0 heterocycles. The second-order valence-electron chi connectivity index (χ2n) is 4.39. The number of rotatable bonds is 5. The summed E-state index contributed by atoms with van der Waals surface area (Å²) < 4.78 is 5.54. The van der Waals surface area contributed by atoms with Crippen molar-refractivity contribution >= 4 is 5.97 Å². The summed E-state index contributed by atoms with van der Waals surface area (Å²) in [5.41, 5.74) is 2.07. The van der Waals surface area contributed by atoms with E-state index in [1.165, 1.54) is 0 Å². The van der Waals surface area contributed by atoms with Gasteiger partial charge in [-0.3, -0.25) is 0 Å². The predicted molar refractivity (Wildman–Crippen MR) is 73.4 cm³/mol. The van der Waals surface area contributed by atoms with Crippen LogP contribution in [0.5, 0.6) is 5.75 Å². The zero-order valence-electron chi connectivity index (χ0n) is 10.7. The normalized spacial score (nSPS) is 11.8. The highest BCUT2D eigenvalue weighted by molar-refractivity contribution is 5.73. The maximum atomic E-state index is 11.3. The molecule has 0 saturated carbocycles. The molecule has 0 aliphatic heterocycles. The van der Waals surface area contributed by atoms with Crippen LogP contribution in [-0.2, 0) is 11.2 Å². The Morgan fingerprint density at radius 3 is 2.37 bits per heavy atom. The molecule has 0 amide bonds. The third-order valence-corrected chi connectivity index (χ3v) is 2.96. The average molecular weight is 256 g/mol. The van der Waals surface area contributed by atoms with Crippen molar-refractivity contribution in [1.29, 1.82) is 0 Å². The van der Waals surface area contributed by atoms with E-state index in [2.05, 4.69) is 0 Å². The molecule has 2 rings (SSSR count). The molecule has 2 aromatic rings. The molecule has 19 heavy (non-hydrogen) atoms. The molecule has 0 bridgehead atoms. The number of aliphatic carboxylic acids is 1. The summed E-state index contributed by atoms with van der Waals surface area (Å²) in [6.07, 6.45) is -0.514. The summed E-state index contributed by atoms with van der Waals surface area (Å²) in [6, 6.07) is 16.8. The molecule has 0 aromatic heterocycles. The number of carboxylic acid groups (broad SMARTS) is 1. The van der Waals surface area contributed by atoms with Crippen LogP contribution in [0.4, 0.5) is 0 Å². The third kappa shape index (κ3) is 3.58. The van der Waals surface area contributed by atoms with Gasteiger partial charge in [-0.2, -0.15) is 0 Å². The fraction of sp³-hybridized carbons (Fsp3) is 0.188. The Hall–Kier alpha value is -2.29. The molecule has 2 aromatic carbocycles. The lowest BCUT2D eigenvalue weighted by molar-refractivity contribution is -0.145. The molecule has 3 heteroatoms. The Labute approximate surface area is 112 Å². The first-order valence-corrected chi connectivity index (χ1v) is 6.16. The topological polar surface area (TPSA) is 46.5 Å². The van der Waals surface area contributed by atoms with Gasteiger partial charge in [0.15, 0.2) is 6.10 Å². The number of aryl methyl sites for hydroxylation is 1. The van der Waals surface area contributed by atoms with Crippen LogP contribution in [0.25, 0.3) is 0 Å². The van der Waals surface area contributed by atoms with Crippen molar-refractivity contribution in [2.45, 2.75) is 19.4 Å². The Morgan fingerprint density at radius 1 is 1.11 bits per heavy atom. The van der Waals surface area contributed by atoms with Crippen LogP contribution in [0.15, 0.2) is 54.6 Å². The van der Waals surface area contributed by atoms with Crippen LogP contribution in [0.1, 0.15) is 11.1 Å². The van der Waals surface area contributed by atoms with Crippen molar-refractivity contribution in [2.75, 3.05) is 0 Å². The summed E-state index contributed by atoms with van der Waals surface area (Å²) in [6.45, 7) is 1.97. The molecule has 0 aliphatic carbocycles. The minimum atomic E-state index is -0.952. The average Bonchev–Trinajstić information content (AvgIpc) is 2.41. The van der Waals surface area contributed by atoms with Gasteiger partial charge in [-0.15, -0.1) is 0 Å². The summed E-state index contributed by atoms with van der Waals surface area (Å²) in [4.78, 5) is 11.3. The van der Waals surface area contributed by atoms with Gasteiger partial charge in [-0.05, 0) is 30.2 Å². The monoisotopic (exact) mass is 256 g/mol. The number of carbonyl (C=O) groups is 1. The fourth-order valence-electron chi connectivity index (χ4n) is 1.88. The van der Waals surface area contributed by atoms with Gasteiger partial charge in [0, 0.05) is 6.42 Å². The van der Waals surface area contributed by atoms with Crippen molar-refractivity contribution in [1.82, 2.24) is 0 Å². The first-order valence-electron chi connectivity index (χ1n) is 6.16. The van der Waals surface area contributed by atoms with Crippen molar-refractivity contribution in [3.05, 3.63) is 65.7 Å². The van der Waals surface area contributed by atoms with E-state index in [-0.39, 0.29) is 0 Å². The van der Waals surface area contributed by atoms with E-state index in [9.17, 15) is 9.90 Å². The molecule has 3 nitrogen and oxygen atoms in total. The van der Waals surface area contributed by atoms with Crippen molar-refractivity contribution in [3.8, 4) is 5.75 Å². The molecule has 0 spiro atoms. The molecule has 1 N–H and O–H groups in total. The third-order valence-electron chi connectivity index (χ3n) is 2.96. The van der Waals surface area contributed by atoms with Crippen molar-refractivity contribution < 1.29 is 14.6 Å². The molecule has 1 atom stereocenters. The summed E-state index contributed by atoms with van der Waals surface area (Å²) in [5.74, 6) is -0.379. The minimum absolute atomic E-state index is 0.358. The zero-order chi connectivity index (χ0) is 13.7. The number of para-hydroxylation sites is 1. The molecule has 0 aliphatic rings. The molecule has 0 unspecified atom stereocenters. The van der Waals surface area contributed by atoms with Crippen LogP contribution >= 0.6 is 0 Å². The van der Waals surface area contributed by atoms with Gasteiger partial charge < -0.3 is 9.84 Å². The number of carboxylic acids is 1. The smallest absolute Gasteiger partial charge is 0.345 e. The highest BCUT2D eigenvalue weighted by Crippen LogP contribution is 2.16. The van der Waals surface area contributed by atoms with Gasteiger partial charge in [0.05, 0.1) is 0 Å². The molecular weight excluding hydrogens is 240 g/mol. The largest absolute Gasteiger partial charge is 0.478 e. The maximum absolute atomic E-state index is 11.3. The highest BCUT2D eigenvalue weighted by atomic mass is 16.5. The number of hydrogen-bond donors (Lipinski definition) is 1. The van der Waals surface area contributed by atoms with E-state index in [1.54, 1.807) is 12.1 Å². The lowest BCUT2D eigenvalue weighted by atomic mass is 10.0. The van der Waals surface area contributed by atoms with Crippen molar-refractivity contribution in [2.24, 2.45) is 0 Å². The van der Waals surface area contributed by atoms with Crippen LogP contribution in [0, 0.1) is 6.92 Å². The SMILES string of the molecule is Cc1ccccc1C[C@@H](Oc1ccccc1)C(=O)O. The minimum Gasteiger partial charge on any atom is -0.478 e. The van der Waals surface area contributed by atoms with Gasteiger partial charge in [-0.1, -0.05) is 42.5 Å². The number of ether oxygens (including phenoxy) is 1.